The molecule has 126 valence electrons. The van der Waals surface area contributed by atoms with Crippen molar-refractivity contribution in [3.05, 3.63) is 23.8 Å². The Morgan fingerprint density at radius 2 is 1.87 bits per heavy atom. The summed E-state index contributed by atoms with van der Waals surface area (Å²) in [6.45, 7) is 9.02. The van der Waals surface area contributed by atoms with Crippen molar-refractivity contribution in [1.29, 1.82) is 0 Å². The van der Waals surface area contributed by atoms with Crippen molar-refractivity contribution in [3.63, 3.8) is 0 Å². The normalized spacial score (nSPS) is 22.3. The molecule has 2 rings (SSSR count). The number of rotatable bonds is 3. The van der Waals surface area contributed by atoms with E-state index in [1.54, 1.807) is 32.9 Å². The van der Waals surface area contributed by atoms with Crippen LogP contribution in [-0.2, 0) is 9.53 Å². The van der Waals surface area contributed by atoms with Gasteiger partial charge in [0.15, 0.2) is 0 Å². The second-order valence-corrected chi connectivity index (χ2v) is 7.52. The fourth-order valence-corrected chi connectivity index (χ4v) is 2.98. The molecule has 6 heteroatoms. The molecule has 0 aromatic heterocycles. The Bertz CT molecular complexity index is 645. The third kappa shape index (κ3) is 3.57. The molecule has 0 unspecified atom stereocenters. The van der Waals surface area contributed by atoms with E-state index in [-0.39, 0.29) is 22.8 Å². The van der Waals surface area contributed by atoms with Gasteiger partial charge in [-0.15, -0.1) is 0 Å². The fourth-order valence-electron chi connectivity index (χ4n) is 2.98. The summed E-state index contributed by atoms with van der Waals surface area (Å²) in [5.74, 6) is -1.57. The molecule has 0 spiro atoms. The number of nitrogens with one attached hydrogen (secondary N) is 1. The molecule has 1 aromatic carbocycles. The number of phenols is 1. The first kappa shape index (κ1) is 17.1. The van der Waals surface area contributed by atoms with Gasteiger partial charge in [-0.05, 0) is 43.9 Å². The summed E-state index contributed by atoms with van der Waals surface area (Å²) in [7, 11) is 0. The maximum Gasteiger partial charge on any atom is 0.412 e. The molecule has 1 amide bonds. The minimum atomic E-state index is -0.838. The molecule has 1 aliphatic rings. The Balaban J connectivity index is 2.14. The molecule has 0 saturated heterocycles. The smallest absolute Gasteiger partial charge is 0.412 e. The number of carboxylic acid groups (broad SMARTS) is 1. The Morgan fingerprint density at radius 3 is 2.30 bits per heavy atom. The summed E-state index contributed by atoms with van der Waals surface area (Å²) in [6.07, 6.45) is -0.657. The number of carbonyl (C=O) groups is 2. The zero-order valence-corrected chi connectivity index (χ0v) is 14.0. The van der Waals surface area contributed by atoms with Gasteiger partial charge in [-0.3, -0.25) is 10.1 Å². The van der Waals surface area contributed by atoms with Gasteiger partial charge >= 0.3 is 12.1 Å². The quantitative estimate of drug-likeness (QED) is 0.740. The predicted octanol–water partition coefficient (Wildman–Crippen LogP) is 3.56. The molecule has 0 bridgehead atoms. The summed E-state index contributed by atoms with van der Waals surface area (Å²) < 4.78 is 5.13. The minimum Gasteiger partial charge on any atom is -0.506 e. The molecule has 2 atom stereocenters. The van der Waals surface area contributed by atoms with Crippen LogP contribution in [0.4, 0.5) is 10.5 Å². The van der Waals surface area contributed by atoms with Crippen LogP contribution in [0.5, 0.6) is 5.75 Å². The molecule has 1 saturated carbocycles. The van der Waals surface area contributed by atoms with E-state index in [1.807, 2.05) is 13.8 Å². The third-order valence-corrected chi connectivity index (χ3v) is 4.11. The highest BCUT2D eigenvalue weighted by Crippen LogP contribution is 2.64. The number of benzene rings is 1. The lowest BCUT2D eigenvalue weighted by molar-refractivity contribution is -0.139. The molecule has 1 aliphatic carbocycles. The Kier molecular flexibility index (Phi) is 4.05. The molecule has 1 aromatic rings. The van der Waals surface area contributed by atoms with Crippen LogP contribution in [0.25, 0.3) is 0 Å². The lowest BCUT2D eigenvalue weighted by Gasteiger charge is -2.20. The number of anilines is 1. The molecule has 6 nitrogen and oxygen atoms in total. The lowest BCUT2D eigenvalue weighted by Crippen LogP contribution is -2.27. The fraction of sp³-hybridized carbons (Fsp3) is 0.529. The van der Waals surface area contributed by atoms with E-state index >= 15 is 0 Å². The van der Waals surface area contributed by atoms with Gasteiger partial charge in [0.25, 0.3) is 0 Å². The van der Waals surface area contributed by atoms with E-state index in [4.69, 9.17) is 4.74 Å². The van der Waals surface area contributed by atoms with Crippen LogP contribution in [0.2, 0.25) is 0 Å². The summed E-state index contributed by atoms with van der Waals surface area (Å²) in [5, 5.41) is 21.8. The maximum atomic E-state index is 11.7. The number of aromatic hydroxyl groups is 1. The van der Waals surface area contributed by atoms with Crippen LogP contribution in [0.3, 0.4) is 0 Å². The van der Waals surface area contributed by atoms with Gasteiger partial charge in [0.1, 0.15) is 11.4 Å². The SMILES string of the molecule is CC(C)(C)OC(=O)Nc1ccc([C@@H]2[C@@H](C(=O)O)C2(C)C)cc1O. The van der Waals surface area contributed by atoms with E-state index in [2.05, 4.69) is 5.32 Å². The van der Waals surface area contributed by atoms with Crippen LogP contribution >= 0.6 is 0 Å². The highest BCUT2D eigenvalue weighted by Gasteiger charge is 2.62. The maximum absolute atomic E-state index is 11.7. The van der Waals surface area contributed by atoms with Crippen molar-refractivity contribution >= 4 is 17.7 Å². The largest absolute Gasteiger partial charge is 0.506 e. The van der Waals surface area contributed by atoms with Crippen molar-refractivity contribution in [2.45, 2.75) is 46.1 Å². The van der Waals surface area contributed by atoms with E-state index in [1.165, 1.54) is 6.07 Å². The Hall–Kier alpha value is -2.24. The average molecular weight is 321 g/mol. The van der Waals surface area contributed by atoms with Crippen LogP contribution in [0.1, 0.15) is 46.1 Å². The summed E-state index contributed by atoms with van der Waals surface area (Å²) >= 11 is 0. The number of aliphatic carboxylic acids is 1. The topological polar surface area (TPSA) is 95.9 Å². The number of carboxylic acids is 1. The van der Waals surface area contributed by atoms with Crippen LogP contribution in [-0.4, -0.2) is 27.9 Å². The van der Waals surface area contributed by atoms with E-state index in [0.717, 1.165) is 5.56 Å². The molecular weight excluding hydrogens is 298 g/mol. The molecule has 0 aliphatic heterocycles. The van der Waals surface area contributed by atoms with Gasteiger partial charge in [-0.25, -0.2) is 4.79 Å². The van der Waals surface area contributed by atoms with Gasteiger partial charge in [-0.2, -0.15) is 0 Å². The first-order valence-corrected chi connectivity index (χ1v) is 7.49. The first-order valence-electron chi connectivity index (χ1n) is 7.49. The molecular formula is C17H23NO5. The Labute approximate surface area is 135 Å². The van der Waals surface area contributed by atoms with Gasteiger partial charge < -0.3 is 14.9 Å². The monoisotopic (exact) mass is 321 g/mol. The molecule has 0 radical (unpaired) electrons. The first-order chi connectivity index (χ1) is 10.4. The summed E-state index contributed by atoms with van der Waals surface area (Å²) in [4.78, 5) is 23.0. The second kappa shape index (κ2) is 5.44. The minimum absolute atomic E-state index is 0.111. The van der Waals surface area contributed by atoms with Crippen LogP contribution in [0, 0.1) is 11.3 Å². The number of phenolic OH excluding ortho intramolecular Hbond substituents is 1. The number of hydrogen-bond acceptors (Lipinski definition) is 4. The van der Waals surface area contributed by atoms with E-state index in [0.29, 0.717) is 0 Å². The highest BCUT2D eigenvalue weighted by molar-refractivity contribution is 5.87. The van der Waals surface area contributed by atoms with Gasteiger partial charge in [0.05, 0.1) is 11.6 Å². The molecule has 0 heterocycles. The number of carbonyl (C=O) groups excluding carboxylic acids is 1. The van der Waals surface area contributed by atoms with Crippen molar-refractivity contribution < 1.29 is 24.5 Å². The van der Waals surface area contributed by atoms with Crippen LogP contribution in [0.15, 0.2) is 18.2 Å². The molecule has 3 N–H and O–H groups in total. The lowest BCUT2D eigenvalue weighted by atomic mass is 10.0. The van der Waals surface area contributed by atoms with Gasteiger partial charge in [-0.1, -0.05) is 19.9 Å². The van der Waals surface area contributed by atoms with Crippen LogP contribution < -0.4 is 5.32 Å². The third-order valence-electron chi connectivity index (χ3n) is 4.11. The standard InChI is InChI=1S/C17H23NO5/c1-16(2,3)23-15(22)18-10-7-6-9(8-11(10)19)12-13(14(20)21)17(12,4)5/h6-8,12-13,19H,1-5H3,(H,18,22)(H,20,21)/t12-,13+/m1/s1. The van der Waals surface area contributed by atoms with Crippen molar-refractivity contribution in [3.8, 4) is 5.75 Å². The second-order valence-electron chi connectivity index (χ2n) is 7.52. The molecule has 1 fully saturated rings. The zero-order chi connectivity index (χ0) is 17.6. The van der Waals surface area contributed by atoms with Crippen molar-refractivity contribution in [2.24, 2.45) is 11.3 Å². The van der Waals surface area contributed by atoms with Gasteiger partial charge in [0, 0.05) is 5.92 Å². The number of hydrogen-bond donors (Lipinski definition) is 3. The van der Waals surface area contributed by atoms with Crippen molar-refractivity contribution in [1.82, 2.24) is 0 Å². The average Bonchev–Trinajstić information content (AvgIpc) is 2.92. The number of amides is 1. The summed E-state index contributed by atoms with van der Waals surface area (Å²) in [5.41, 5.74) is -0.00640. The predicted molar refractivity (Wildman–Crippen MR) is 85.6 cm³/mol. The number of ether oxygens (including phenoxy) is 1. The summed E-state index contributed by atoms with van der Waals surface area (Å²) in [6, 6.07) is 4.78. The molecule has 23 heavy (non-hydrogen) atoms. The van der Waals surface area contributed by atoms with Crippen molar-refractivity contribution in [2.75, 3.05) is 5.32 Å². The van der Waals surface area contributed by atoms with E-state index in [9.17, 15) is 19.8 Å². The highest BCUT2D eigenvalue weighted by atomic mass is 16.6. The Morgan fingerprint density at radius 1 is 1.26 bits per heavy atom. The zero-order valence-electron chi connectivity index (χ0n) is 14.0. The van der Waals surface area contributed by atoms with E-state index < -0.39 is 23.6 Å². The van der Waals surface area contributed by atoms with Gasteiger partial charge in [0.2, 0.25) is 0 Å².